The smallest absolute Gasteiger partial charge is 0.226 e. The molecule has 2 heterocycles. The highest BCUT2D eigenvalue weighted by atomic mass is 79.9. The number of aryl methyl sites for hydroxylation is 1. The van der Waals surface area contributed by atoms with Crippen LogP contribution in [0.1, 0.15) is 31.2 Å². The number of carbonyl (C=O) groups is 1. The molecule has 1 amide bonds. The number of halogens is 1. The number of carbonyl (C=O) groups excluding carboxylic acids is 1. The Morgan fingerprint density at radius 1 is 1.36 bits per heavy atom. The van der Waals surface area contributed by atoms with Gasteiger partial charge in [0.15, 0.2) is 0 Å². The molecule has 2 saturated heterocycles. The van der Waals surface area contributed by atoms with Crippen LogP contribution in [0.5, 0.6) is 5.75 Å². The van der Waals surface area contributed by atoms with Crippen molar-refractivity contribution in [1.29, 1.82) is 0 Å². The molecule has 1 N–H and O–H groups in total. The highest BCUT2D eigenvalue weighted by molar-refractivity contribution is 9.10. The Morgan fingerprint density at radius 3 is 3.00 bits per heavy atom. The van der Waals surface area contributed by atoms with Crippen LogP contribution in [-0.2, 0) is 4.79 Å². The summed E-state index contributed by atoms with van der Waals surface area (Å²) in [4.78, 5) is 14.7. The maximum absolute atomic E-state index is 12.5. The number of hydrogen-bond acceptors (Lipinski definition) is 3. The maximum Gasteiger partial charge on any atom is 0.226 e. The van der Waals surface area contributed by atoms with E-state index in [2.05, 4.69) is 26.1 Å². The largest absolute Gasteiger partial charge is 0.492 e. The summed E-state index contributed by atoms with van der Waals surface area (Å²) in [7, 11) is 0. The molecule has 1 aromatic rings. The van der Waals surface area contributed by atoms with Gasteiger partial charge in [0.1, 0.15) is 5.75 Å². The lowest BCUT2D eigenvalue weighted by molar-refractivity contribution is -0.134. The third-order valence-corrected chi connectivity index (χ3v) is 5.22. The molecule has 2 unspecified atom stereocenters. The van der Waals surface area contributed by atoms with Crippen LogP contribution in [0.15, 0.2) is 22.7 Å². The summed E-state index contributed by atoms with van der Waals surface area (Å²) >= 11 is 3.50. The molecule has 0 saturated carbocycles. The summed E-state index contributed by atoms with van der Waals surface area (Å²) in [6, 6.07) is 6.80. The van der Waals surface area contributed by atoms with Gasteiger partial charge >= 0.3 is 0 Å². The van der Waals surface area contributed by atoms with E-state index >= 15 is 0 Å². The van der Waals surface area contributed by atoms with Crippen molar-refractivity contribution in [2.24, 2.45) is 0 Å². The molecule has 22 heavy (non-hydrogen) atoms. The molecule has 1 aromatic carbocycles. The summed E-state index contributed by atoms with van der Waals surface area (Å²) in [6.45, 7) is 4.44. The zero-order valence-corrected chi connectivity index (χ0v) is 14.6. The zero-order chi connectivity index (χ0) is 15.5. The first-order valence-corrected chi connectivity index (χ1v) is 8.85. The Hall–Kier alpha value is -1.07. The molecule has 0 radical (unpaired) electrons. The summed E-state index contributed by atoms with van der Waals surface area (Å²) in [5.74, 6) is 1.04. The van der Waals surface area contributed by atoms with Gasteiger partial charge in [0.2, 0.25) is 5.91 Å². The van der Waals surface area contributed by atoms with E-state index in [4.69, 9.17) is 4.74 Å². The first-order chi connectivity index (χ1) is 10.6. The molecule has 4 nitrogen and oxygen atoms in total. The summed E-state index contributed by atoms with van der Waals surface area (Å²) in [6.07, 6.45) is 3.82. The minimum absolute atomic E-state index is 0.236. The number of ether oxygens (including phenoxy) is 1. The fourth-order valence-corrected chi connectivity index (χ4v) is 4.10. The van der Waals surface area contributed by atoms with Crippen LogP contribution in [0.3, 0.4) is 0 Å². The van der Waals surface area contributed by atoms with Gasteiger partial charge in [0.05, 0.1) is 17.5 Å². The van der Waals surface area contributed by atoms with E-state index in [1.807, 2.05) is 25.1 Å². The number of nitrogens with one attached hydrogen (secondary N) is 1. The van der Waals surface area contributed by atoms with E-state index in [-0.39, 0.29) is 5.91 Å². The molecule has 2 aliphatic rings. The standard InChI is InChI=1S/C17H23BrN2O2/c1-12-2-5-16(15(18)10-12)22-9-7-17(21)20-13-3-4-14(20)11-19-8-6-13/h2,5,10,13-14,19H,3-4,6-9,11H2,1H3. The van der Waals surface area contributed by atoms with Crippen molar-refractivity contribution in [3.05, 3.63) is 28.2 Å². The minimum Gasteiger partial charge on any atom is -0.492 e. The quantitative estimate of drug-likeness (QED) is 0.890. The van der Waals surface area contributed by atoms with Crippen molar-refractivity contribution < 1.29 is 9.53 Å². The van der Waals surface area contributed by atoms with Gasteiger partial charge in [-0.1, -0.05) is 6.07 Å². The van der Waals surface area contributed by atoms with Crippen LogP contribution in [-0.4, -0.2) is 42.6 Å². The Kier molecular flexibility index (Phi) is 5.03. The van der Waals surface area contributed by atoms with Gasteiger partial charge in [-0.3, -0.25) is 4.79 Å². The molecular formula is C17H23BrN2O2. The van der Waals surface area contributed by atoms with Crippen molar-refractivity contribution in [1.82, 2.24) is 10.2 Å². The minimum atomic E-state index is 0.236. The number of rotatable bonds is 4. The van der Waals surface area contributed by atoms with Crippen molar-refractivity contribution in [3.63, 3.8) is 0 Å². The Labute approximate surface area is 140 Å². The lowest BCUT2D eigenvalue weighted by Gasteiger charge is -2.28. The molecule has 0 aromatic heterocycles. The number of nitrogens with zero attached hydrogens (tertiary/aromatic N) is 1. The van der Waals surface area contributed by atoms with Gasteiger partial charge in [0, 0.05) is 18.6 Å². The van der Waals surface area contributed by atoms with Crippen LogP contribution in [0.25, 0.3) is 0 Å². The SMILES string of the molecule is Cc1ccc(OCCC(=O)N2C3CCNCC2CC3)c(Br)c1. The highest BCUT2D eigenvalue weighted by Crippen LogP contribution is 2.29. The Bertz CT molecular complexity index is 535. The van der Waals surface area contributed by atoms with Gasteiger partial charge < -0.3 is 15.0 Å². The van der Waals surface area contributed by atoms with Crippen LogP contribution < -0.4 is 10.1 Å². The fourth-order valence-electron chi connectivity index (χ4n) is 3.49. The monoisotopic (exact) mass is 366 g/mol. The van der Waals surface area contributed by atoms with Crippen LogP contribution in [0.2, 0.25) is 0 Å². The Balaban J connectivity index is 1.54. The molecular weight excluding hydrogens is 344 g/mol. The number of benzene rings is 1. The molecule has 3 rings (SSSR count). The van der Waals surface area contributed by atoms with Gasteiger partial charge in [-0.05, 0) is 66.4 Å². The van der Waals surface area contributed by atoms with E-state index in [1.54, 1.807) is 0 Å². The van der Waals surface area contributed by atoms with Crippen molar-refractivity contribution in [3.8, 4) is 5.75 Å². The lowest BCUT2D eigenvalue weighted by atomic mass is 10.1. The second kappa shape index (κ2) is 7.01. The first kappa shape index (κ1) is 15.8. The van der Waals surface area contributed by atoms with Crippen LogP contribution in [0.4, 0.5) is 0 Å². The van der Waals surface area contributed by atoms with Crippen LogP contribution in [0, 0.1) is 6.92 Å². The van der Waals surface area contributed by atoms with Crippen LogP contribution >= 0.6 is 15.9 Å². The van der Waals surface area contributed by atoms with E-state index in [0.717, 1.165) is 42.6 Å². The molecule has 0 spiro atoms. The van der Waals surface area contributed by atoms with Gasteiger partial charge in [0.25, 0.3) is 0 Å². The summed E-state index contributed by atoms with van der Waals surface area (Å²) in [5.41, 5.74) is 1.18. The molecule has 120 valence electrons. The topological polar surface area (TPSA) is 41.6 Å². The van der Waals surface area contributed by atoms with Crippen molar-refractivity contribution in [2.75, 3.05) is 19.7 Å². The molecule has 2 fully saturated rings. The van der Waals surface area contributed by atoms with E-state index < -0.39 is 0 Å². The third kappa shape index (κ3) is 3.46. The predicted octanol–water partition coefficient (Wildman–Crippen LogP) is 2.88. The second-order valence-electron chi connectivity index (χ2n) is 6.21. The third-order valence-electron chi connectivity index (χ3n) is 4.60. The number of hydrogen-bond donors (Lipinski definition) is 1. The summed E-state index contributed by atoms with van der Waals surface area (Å²) < 4.78 is 6.71. The van der Waals surface area contributed by atoms with Gasteiger partial charge in [-0.2, -0.15) is 0 Å². The number of fused-ring (bicyclic) bond motifs is 2. The molecule has 2 aliphatic heterocycles. The molecule has 2 atom stereocenters. The lowest BCUT2D eigenvalue weighted by Crippen LogP contribution is -2.42. The average Bonchev–Trinajstić information content (AvgIpc) is 2.74. The molecule has 0 aliphatic carbocycles. The van der Waals surface area contributed by atoms with Crippen molar-refractivity contribution in [2.45, 2.75) is 44.7 Å². The summed E-state index contributed by atoms with van der Waals surface area (Å²) in [5, 5.41) is 3.43. The Morgan fingerprint density at radius 2 is 2.18 bits per heavy atom. The van der Waals surface area contributed by atoms with Crippen molar-refractivity contribution >= 4 is 21.8 Å². The zero-order valence-electron chi connectivity index (χ0n) is 13.0. The van der Waals surface area contributed by atoms with E-state index in [1.165, 1.54) is 5.56 Å². The van der Waals surface area contributed by atoms with E-state index in [0.29, 0.717) is 25.1 Å². The second-order valence-corrected chi connectivity index (χ2v) is 7.07. The maximum atomic E-state index is 12.5. The van der Waals surface area contributed by atoms with Gasteiger partial charge in [-0.15, -0.1) is 0 Å². The normalized spacial score (nSPS) is 24.2. The predicted molar refractivity (Wildman–Crippen MR) is 90.1 cm³/mol. The highest BCUT2D eigenvalue weighted by Gasteiger charge is 2.37. The number of amides is 1. The average molecular weight is 367 g/mol. The first-order valence-electron chi connectivity index (χ1n) is 8.06. The molecule has 2 bridgehead atoms. The molecule has 5 heteroatoms. The van der Waals surface area contributed by atoms with Gasteiger partial charge in [-0.25, -0.2) is 0 Å². The van der Waals surface area contributed by atoms with E-state index in [9.17, 15) is 4.79 Å². The fraction of sp³-hybridized carbons (Fsp3) is 0.588.